The quantitative estimate of drug-likeness (QED) is 0.0822. The molecule has 360 valence electrons. The maximum absolute atomic E-state index is 4.26. The molecule has 1 atom stereocenters. The van der Waals surface area contributed by atoms with Gasteiger partial charge in [0, 0.05) is 40.7 Å². The van der Waals surface area contributed by atoms with Gasteiger partial charge in [0.2, 0.25) is 0 Å². The highest BCUT2D eigenvalue weighted by Gasteiger charge is 2.39. The summed E-state index contributed by atoms with van der Waals surface area (Å²) in [5.74, 6) is 0.614. The van der Waals surface area contributed by atoms with Gasteiger partial charge in [-0.25, -0.2) is 0 Å². The van der Waals surface area contributed by atoms with Gasteiger partial charge in [0.1, 0.15) is 13.7 Å². The van der Waals surface area contributed by atoms with E-state index in [-0.39, 0.29) is 18.4 Å². The lowest BCUT2D eigenvalue weighted by Crippen LogP contribution is -2.20. The average Bonchev–Trinajstić information content (AvgIpc) is 3.77. The third-order valence-electron chi connectivity index (χ3n) is 17.4. The zero-order valence-corrected chi connectivity index (χ0v) is 44.6. The van der Waals surface area contributed by atoms with Crippen LogP contribution in [-0.4, -0.2) is 12.7 Å². The fourth-order valence-corrected chi connectivity index (χ4v) is 15.7. The summed E-state index contributed by atoms with van der Waals surface area (Å²) >= 11 is 0. The molecule has 7 aromatic carbocycles. The Morgan fingerprint density at radius 1 is 0.671 bits per heavy atom. The van der Waals surface area contributed by atoms with E-state index in [2.05, 4.69) is 230 Å². The van der Waals surface area contributed by atoms with Gasteiger partial charge in [0.15, 0.2) is 10.3 Å². The molecule has 5 aliphatic rings. The number of fused-ring (bicyclic) bond motifs is 8. The SMILES string of the molecule is C=C/C=C(\C(=C/C)c1cccc(-c2ccc3c(c2)C(C)(C)c2ccc(/C(=C/C=C)CCN(c4ccc(-c5ccc6c(c5)=C5C=CCC[P+]=65)cc4)c4cccc5c4-c4ccccc4C5(C)C)cc2-3)c1C)C1CCC1. The summed E-state index contributed by atoms with van der Waals surface area (Å²) in [7, 11) is -0.0934. The highest BCUT2D eigenvalue weighted by atomic mass is 31.1. The molecule has 1 saturated carbocycles. The van der Waals surface area contributed by atoms with Crippen molar-refractivity contribution in [2.75, 3.05) is 17.6 Å². The first-order valence-corrected chi connectivity index (χ1v) is 28.3. The van der Waals surface area contributed by atoms with E-state index in [1.165, 1.54) is 149 Å². The van der Waals surface area contributed by atoms with E-state index >= 15 is 0 Å². The van der Waals surface area contributed by atoms with Crippen molar-refractivity contribution >= 4 is 35.4 Å². The maximum Gasteiger partial charge on any atom is 0.160 e. The minimum absolute atomic E-state index is 0.0934. The van der Waals surface area contributed by atoms with Crippen LogP contribution < -0.4 is 10.1 Å². The fraction of sp³-hybridized carbons (Fsp3) is 0.225. The summed E-state index contributed by atoms with van der Waals surface area (Å²) in [6.07, 6.45) is 22.7. The summed E-state index contributed by atoms with van der Waals surface area (Å²) in [4.78, 5) is 4.16. The molecule has 1 nitrogen and oxygen atoms in total. The Hall–Kier alpha value is -7.05. The first kappa shape index (κ1) is 47.0. The Balaban J connectivity index is 0.884. The second-order valence-electron chi connectivity index (χ2n) is 22.0. The van der Waals surface area contributed by atoms with Crippen LogP contribution in [0.3, 0.4) is 0 Å². The summed E-state index contributed by atoms with van der Waals surface area (Å²) in [5.41, 5.74) is 26.2. The predicted molar refractivity (Wildman–Crippen MR) is 317 cm³/mol. The van der Waals surface area contributed by atoms with E-state index in [0.29, 0.717) is 5.92 Å². The molecular formula is C71H67NP+. The smallest absolute Gasteiger partial charge is 0.160 e. The standard InChI is InChI=1S/C71H67NP/c1-9-19-47(50-33-38-63-60(43-50)58-37-32-52(45-65(58)71(63,7)8)55-24-17-25-56(46(55)4)54(11-3)57(20-10-2)49-21-16-22-49)40-41-72(66-28-18-27-64-69(66)59-23-12-13-26-62(59)70(64,5)6)53-35-30-48(31-36-53)51-34-39-68-61(44-51)67-29-14-15-42-73(67)68/h9-14,17-20,23-39,43-45,49H,1-2,15-16,21-22,40-42H2,3-8H3/q+1/b47-19+,54-11-,57-20-. The van der Waals surface area contributed by atoms with Crippen molar-refractivity contribution in [1.29, 1.82) is 0 Å². The summed E-state index contributed by atoms with van der Waals surface area (Å²) < 4.78 is 0. The van der Waals surface area contributed by atoms with E-state index < -0.39 is 0 Å². The van der Waals surface area contributed by atoms with Crippen LogP contribution in [-0.2, 0) is 10.8 Å². The molecule has 2 heterocycles. The van der Waals surface area contributed by atoms with Crippen molar-refractivity contribution in [1.82, 2.24) is 0 Å². The van der Waals surface area contributed by atoms with Crippen molar-refractivity contribution in [2.24, 2.45) is 5.92 Å². The second-order valence-corrected chi connectivity index (χ2v) is 24.3. The van der Waals surface area contributed by atoms with Gasteiger partial charge in [-0.3, -0.25) is 0 Å². The topological polar surface area (TPSA) is 3.24 Å². The molecule has 2 aliphatic heterocycles. The minimum Gasteiger partial charge on any atom is -0.341 e. The summed E-state index contributed by atoms with van der Waals surface area (Å²) in [5, 5.41) is 3.04. The molecule has 3 aliphatic carbocycles. The van der Waals surface area contributed by atoms with Gasteiger partial charge in [0.05, 0.1) is 5.22 Å². The normalized spacial score (nSPS) is 17.4. The van der Waals surface area contributed by atoms with E-state index in [1.807, 2.05) is 12.2 Å². The van der Waals surface area contributed by atoms with Crippen molar-refractivity contribution in [2.45, 2.75) is 84.5 Å². The van der Waals surface area contributed by atoms with Crippen molar-refractivity contribution in [3.63, 3.8) is 0 Å². The van der Waals surface area contributed by atoms with Gasteiger partial charge in [0.25, 0.3) is 0 Å². The zero-order chi connectivity index (χ0) is 50.2. The largest absolute Gasteiger partial charge is 0.341 e. The number of nitrogens with zero attached hydrogens (tertiary/aromatic N) is 1. The lowest BCUT2D eigenvalue weighted by atomic mass is 9.74. The van der Waals surface area contributed by atoms with Gasteiger partial charge < -0.3 is 4.90 Å². The van der Waals surface area contributed by atoms with Crippen LogP contribution in [0.15, 0.2) is 201 Å². The average molecular weight is 965 g/mol. The maximum atomic E-state index is 4.26. The molecule has 0 aromatic heterocycles. The highest BCUT2D eigenvalue weighted by molar-refractivity contribution is 7.62. The molecule has 12 rings (SSSR count). The van der Waals surface area contributed by atoms with Crippen LogP contribution >= 0.6 is 7.55 Å². The van der Waals surface area contributed by atoms with Crippen molar-refractivity contribution < 1.29 is 0 Å². The number of allylic oxidation sites excluding steroid dienone is 9. The van der Waals surface area contributed by atoms with E-state index in [0.717, 1.165) is 13.0 Å². The van der Waals surface area contributed by atoms with E-state index in [4.69, 9.17) is 0 Å². The molecule has 0 saturated heterocycles. The Morgan fingerprint density at radius 3 is 2.18 bits per heavy atom. The third-order valence-corrected chi connectivity index (χ3v) is 20.0. The van der Waals surface area contributed by atoms with E-state index in [1.54, 1.807) is 10.3 Å². The lowest BCUT2D eigenvalue weighted by Gasteiger charge is -2.30. The molecule has 0 spiro atoms. The molecular weight excluding hydrogens is 898 g/mol. The van der Waals surface area contributed by atoms with Gasteiger partial charge in [-0.15, -0.1) is 0 Å². The molecule has 7 aromatic rings. The van der Waals surface area contributed by atoms with Gasteiger partial charge >= 0.3 is 0 Å². The van der Waals surface area contributed by atoms with Crippen molar-refractivity contribution in [3.8, 4) is 44.5 Å². The molecule has 2 heteroatoms. The van der Waals surface area contributed by atoms with Crippen molar-refractivity contribution in [3.05, 3.63) is 250 Å². The number of hydrogen-bond acceptors (Lipinski definition) is 1. The third kappa shape index (κ3) is 7.69. The van der Waals surface area contributed by atoms with Gasteiger partial charge in [-0.2, -0.15) is 0 Å². The van der Waals surface area contributed by atoms with Gasteiger partial charge in [-0.1, -0.05) is 175 Å². The molecule has 1 unspecified atom stereocenters. The first-order valence-electron chi connectivity index (χ1n) is 26.8. The number of rotatable bonds is 13. The van der Waals surface area contributed by atoms with Crippen LogP contribution in [0.25, 0.3) is 61.0 Å². The Morgan fingerprint density at radius 2 is 1.40 bits per heavy atom. The number of anilines is 2. The van der Waals surface area contributed by atoms with Crippen LogP contribution in [0, 0.1) is 17.8 Å². The molecule has 0 radical (unpaired) electrons. The molecule has 0 bridgehead atoms. The zero-order valence-electron chi connectivity index (χ0n) is 43.7. The molecule has 0 amide bonds. The highest BCUT2D eigenvalue weighted by Crippen LogP contribution is 2.54. The van der Waals surface area contributed by atoms with E-state index in [9.17, 15) is 0 Å². The minimum atomic E-state index is -0.151. The predicted octanol–water partition coefficient (Wildman–Crippen LogP) is 18.9. The molecule has 1 fully saturated rings. The Labute approximate surface area is 435 Å². The Kier molecular flexibility index (Phi) is 11.9. The van der Waals surface area contributed by atoms with Crippen LogP contribution in [0.5, 0.6) is 0 Å². The second kappa shape index (κ2) is 18.5. The van der Waals surface area contributed by atoms with Crippen LogP contribution in [0.1, 0.15) is 106 Å². The lowest BCUT2D eigenvalue weighted by molar-refractivity contribution is 0.376. The molecule has 0 N–H and O–H groups in total. The summed E-state index contributed by atoms with van der Waals surface area (Å²) in [6.45, 7) is 23.2. The monoisotopic (exact) mass is 965 g/mol. The van der Waals surface area contributed by atoms with Crippen LogP contribution in [0.4, 0.5) is 11.4 Å². The summed E-state index contributed by atoms with van der Waals surface area (Å²) in [6, 6.07) is 53.9. The molecule has 73 heavy (non-hydrogen) atoms. The number of benzene rings is 7. The fourth-order valence-electron chi connectivity index (χ4n) is 13.2. The first-order chi connectivity index (χ1) is 35.5. The Bertz CT molecular complexity index is 3710. The van der Waals surface area contributed by atoms with Crippen LogP contribution in [0.2, 0.25) is 0 Å². The number of hydrogen-bond donors (Lipinski definition) is 0. The van der Waals surface area contributed by atoms with Gasteiger partial charge in [-0.05, 0) is 188 Å².